The normalized spacial score (nSPS) is 16.6. The van der Waals surface area contributed by atoms with Crippen LogP contribution in [0.5, 0.6) is 5.75 Å². The predicted molar refractivity (Wildman–Crippen MR) is 110 cm³/mol. The molecule has 0 aliphatic heterocycles. The van der Waals surface area contributed by atoms with E-state index in [4.69, 9.17) is 9.47 Å². The van der Waals surface area contributed by atoms with Crippen LogP contribution >= 0.6 is 11.8 Å². The van der Waals surface area contributed by atoms with E-state index in [9.17, 15) is 9.59 Å². The fraction of sp³-hybridized carbons (Fsp3) is 0.364. The number of benzene rings is 2. The molecule has 0 heterocycles. The summed E-state index contributed by atoms with van der Waals surface area (Å²) in [6.45, 7) is 1.59. The fourth-order valence-corrected chi connectivity index (χ4v) is 3.87. The molecule has 0 aromatic heterocycles. The third-order valence-corrected chi connectivity index (χ3v) is 5.69. The Hall–Kier alpha value is -2.47. The lowest BCUT2D eigenvalue weighted by atomic mass is 9.87. The van der Waals surface area contributed by atoms with Crippen molar-refractivity contribution in [3.63, 3.8) is 0 Å². The maximum absolute atomic E-state index is 12.6. The van der Waals surface area contributed by atoms with E-state index in [0.717, 1.165) is 29.7 Å². The number of rotatable bonds is 6. The van der Waals surface area contributed by atoms with Crippen LogP contribution in [0.15, 0.2) is 47.4 Å². The van der Waals surface area contributed by atoms with E-state index in [-0.39, 0.29) is 11.9 Å². The molecule has 0 saturated carbocycles. The Morgan fingerprint density at radius 3 is 2.75 bits per heavy atom. The summed E-state index contributed by atoms with van der Waals surface area (Å²) >= 11 is 1.56. The largest absolute Gasteiger partial charge is 0.496 e. The minimum Gasteiger partial charge on any atom is -0.496 e. The van der Waals surface area contributed by atoms with E-state index in [0.29, 0.717) is 11.3 Å². The molecule has 2 aromatic carbocycles. The van der Waals surface area contributed by atoms with Gasteiger partial charge in [-0.25, -0.2) is 4.79 Å². The van der Waals surface area contributed by atoms with Crippen LogP contribution in [0.25, 0.3) is 0 Å². The van der Waals surface area contributed by atoms with E-state index in [1.807, 2.05) is 30.5 Å². The number of aryl methyl sites for hydroxylation is 1. The summed E-state index contributed by atoms with van der Waals surface area (Å²) in [6, 6.07) is 13.4. The Morgan fingerprint density at radius 2 is 2.00 bits per heavy atom. The van der Waals surface area contributed by atoms with Crippen LogP contribution < -0.4 is 10.1 Å². The summed E-state index contributed by atoms with van der Waals surface area (Å²) in [7, 11) is 1.51. The van der Waals surface area contributed by atoms with Gasteiger partial charge in [0.1, 0.15) is 11.3 Å². The Bertz CT molecular complexity index is 867. The van der Waals surface area contributed by atoms with Gasteiger partial charge < -0.3 is 14.8 Å². The van der Waals surface area contributed by atoms with Gasteiger partial charge in [0, 0.05) is 4.90 Å². The van der Waals surface area contributed by atoms with Crippen molar-refractivity contribution in [3.05, 3.63) is 59.2 Å². The van der Waals surface area contributed by atoms with Crippen LogP contribution in [0.4, 0.5) is 0 Å². The third kappa shape index (κ3) is 4.50. The summed E-state index contributed by atoms with van der Waals surface area (Å²) in [5, 5.41) is 3.03. The van der Waals surface area contributed by atoms with E-state index < -0.39 is 12.1 Å². The number of ether oxygens (including phenoxy) is 2. The summed E-state index contributed by atoms with van der Waals surface area (Å²) in [5.74, 6) is -0.434. The molecule has 5 nitrogen and oxygen atoms in total. The number of esters is 1. The maximum atomic E-state index is 12.6. The molecule has 28 heavy (non-hydrogen) atoms. The molecule has 1 aliphatic carbocycles. The highest BCUT2D eigenvalue weighted by Gasteiger charge is 2.26. The Balaban J connectivity index is 1.66. The van der Waals surface area contributed by atoms with Crippen molar-refractivity contribution in [1.29, 1.82) is 0 Å². The number of hydrogen-bond acceptors (Lipinski definition) is 5. The van der Waals surface area contributed by atoms with Crippen LogP contribution in [-0.4, -0.2) is 31.3 Å². The van der Waals surface area contributed by atoms with E-state index in [1.165, 1.54) is 12.7 Å². The summed E-state index contributed by atoms with van der Waals surface area (Å²) in [4.78, 5) is 26.1. The Kier molecular flexibility index (Phi) is 6.62. The van der Waals surface area contributed by atoms with Crippen LogP contribution in [0.2, 0.25) is 0 Å². The Morgan fingerprint density at radius 1 is 1.21 bits per heavy atom. The monoisotopic (exact) mass is 399 g/mol. The molecule has 0 bridgehead atoms. The van der Waals surface area contributed by atoms with Gasteiger partial charge in [0.25, 0.3) is 5.91 Å². The van der Waals surface area contributed by atoms with E-state index in [1.54, 1.807) is 30.8 Å². The quantitative estimate of drug-likeness (QED) is 0.584. The smallest absolute Gasteiger partial charge is 0.342 e. The average molecular weight is 400 g/mol. The van der Waals surface area contributed by atoms with Gasteiger partial charge in [-0.05, 0) is 61.8 Å². The standard InChI is InChI=1S/C22H25NO4S/c1-14(27-22(25)18-12-11-16(28-3)13-20(18)26-2)21(24)23-19-10-6-8-15-7-4-5-9-17(15)19/h4-5,7,9,11-14,19H,6,8,10H2,1-3H3,(H,23,24). The molecule has 0 spiro atoms. The van der Waals surface area contributed by atoms with Gasteiger partial charge in [-0.15, -0.1) is 11.8 Å². The number of nitrogens with one attached hydrogen (secondary N) is 1. The molecule has 0 fully saturated rings. The van der Waals surface area contributed by atoms with Crippen molar-refractivity contribution < 1.29 is 19.1 Å². The number of amides is 1. The first-order chi connectivity index (χ1) is 13.5. The minimum atomic E-state index is -0.897. The number of carbonyl (C=O) groups is 2. The average Bonchev–Trinajstić information content (AvgIpc) is 2.73. The minimum absolute atomic E-state index is 0.0472. The number of methoxy groups -OCH3 is 1. The zero-order valence-electron chi connectivity index (χ0n) is 16.4. The molecule has 1 aliphatic rings. The predicted octanol–water partition coefficient (Wildman–Crippen LogP) is 4.16. The number of thioether (sulfide) groups is 1. The molecular weight excluding hydrogens is 374 g/mol. The second-order valence-corrected chi connectivity index (χ2v) is 7.65. The third-order valence-electron chi connectivity index (χ3n) is 4.97. The first-order valence-corrected chi connectivity index (χ1v) is 10.6. The van der Waals surface area contributed by atoms with Gasteiger partial charge in [-0.2, -0.15) is 0 Å². The molecule has 2 atom stereocenters. The highest BCUT2D eigenvalue weighted by atomic mass is 32.2. The summed E-state index contributed by atoms with van der Waals surface area (Å²) in [6.07, 6.45) is 3.98. The second kappa shape index (κ2) is 9.15. The lowest BCUT2D eigenvalue weighted by Crippen LogP contribution is -2.39. The fourth-order valence-electron chi connectivity index (χ4n) is 3.44. The van der Waals surface area contributed by atoms with Gasteiger partial charge in [0.2, 0.25) is 0 Å². The van der Waals surface area contributed by atoms with Crippen LogP contribution in [0.1, 0.15) is 47.3 Å². The van der Waals surface area contributed by atoms with Gasteiger partial charge in [0.15, 0.2) is 6.10 Å². The molecular formula is C22H25NO4S. The first-order valence-electron chi connectivity index (χ1n) is 9.34. The first kappa shape index (κ1) is 20.3. The SMILES string of the molecule is COc1cc(SC)ccc1C(=O)OC(C)C(=O)NC1CCCc2ccccc21. The summed E-state index contributed by atoms with van der Waals surface area (Å²) in [5.41, 5.74) is 2.72. The zero-order valence-corrected chi connectivity index (χ0v) is 17.2. The zero-order chi connectivity index (χ0) is 20.1. The highest BCUT2D eigenvalue weighted by Crippen LogP contribution is 2.30. The molecule has 0 saturated heterocycles. The van der Waals surface area contributed by atoms with Crippen LogP contribution in [0.3, 0.4) is 0 Å². The molecule has 3 rings (SSSR count). The van der Waals surface area contributed by atoms with Gasteiger partial charge >= 0.3 is 5.97 Å². The number of hydrogen-bond donors (Lipinski definition) is 1. The van der Waals surface area contributed by atoms with Crippen molar-refractivity contribution in [2.45, 2.75) is 43.2 Å². The van der Waals surface area contributed by atoms with Crippen molar-refractivity contribution in [2.24, 2.45) is 0 Å². The van der Waals surface area contributed by atoms with Crippen molar-refractivity contribution >= 4 is 23.6 Å². The molecule has 148 valence electrons. The molecule has 2 unspecified atom stereocenters. The van der Waals surface area contributed by atoms with Crippen LogP contribution in [0, 0.1) is 0 Å². The van der Waals surface area contributed by atoms with Gasteiger partial charge in [-0.3, -0.25) is 4.79 Å². The van der Waals surface area contributed by atoms with Crippen molar-refractivity contribution in [3.8, 4) is 5.75 Å². The molecule has 1 N–H and O–H groups in total. The lowest BCUT2D eigenvalue weighted by molar-refractivity contribution is -0.130. The van der Waals surface area contributed by atoms with Gasteiger partial charge in [-0.1, -0.05) is 24.3 Å². The van der Waals surface area contributed by atoms with E-state index >= 15 is 0 Å². The van der Waals surface area contributed by atoms with Crippen LogP contribution in [-0.2, 0) is 16.0 Å². The van der Waals surface area contributed by atoms with E-state index in [2.05, 4.69) is 11.4 Å². The summed E-state index contributed by atoms with van der Waals surface area (Å²) < 4.78 is 10.7. The van der Waals surface area contributed by atoms with Crippen molar-refractivity contribution in [2.75, 3.05) is 13.4 Å². The molecule has 6 heteroatoms. The van der Waals surface area contributed by atoms with Gasteiger partial charge in [0.05, 0.1) is 13.2 Å². The number of carbonyl (C=O) groups excluding carboxylic acids is 2. The molecule has 1 amide bonds. The second-order valence-electron chi connectivity index (χ2n) is 6.77. The number of fused-ring (bicyclic) bond motifs is 1. The molecule has 0 radical (unpaired) electrons. The lowest BCUT2D eigenvalue weighted by Gasteiger charge is -2.27. The topological polar surface area (TPSA) is 64.6 Å². The Labute approximate surface area is 169 Å². The molecule has 2 aromatic rings. The highest BCUT2D eigenvalue weighted by molar-refractivity contribution is 7.98. The maximum Gasteiger partial charge on any atom is 0.342 e. The van der Waals surface area contributed by atoms with Crippen molar-refractivity contribution in [1.82, 2.24) is 5.32 Å².